The lowest BCUT2D eigenvalue weighted by Crippen LogP contribution is -1.90. The van der Waals surface area contributed by atoms with Crippen molar-refractivity contribution >= 4 is 11.9 Å². The van der Waals surface area contributed by atoms with Crippen molar-refractivity contribution in [2.75, 3.05) is 0 Å². The Morgan fingerprint density at radius 1 is 1.18 bits per heavy atom. The van der Waals surface area contributed by atoms with Gasteiger partial charge in [0, 0.05) is 0 Å². The van der Waals surface area contributed by atoms with Crippen molar-refractivity contribution in [3.63, 3.8) is 0 Å². The molecule has 86 valence electrons. The predicted molar refractivity (Wildman–Crippen MR) is 63.2 cm³/mol. The first-order valence-electron chi connectivity index (χ1n) is 5.19. The number of ketones is 1. The maximum absolute atomic E-state index is 12.6. The number of benzene rings is 1. The van der Waals surface area contributed by atoms with Crippen molar-refractivity contribution in [1.29, 1.82) is 0 Å². The number of carbonyl (C=O) groups excluding carboxylic acids is 1. The van der Waals surface area contributed by atoms with Crippen LogP contribution < -0.4 is 0 Å². The number of hydrogen-bond donors (Lipinski definition) is 0. The van der Waals surface area contributed by atoms with Crippen molar-refractivity contribution in [2.45, 2.75) is 6.92 Å². The van der Waals surface area contributed by atoms with E-state index >= 15 is 0 Å². The molecule has 0 aliphatic carbocycles. The number of hydrogen-bond acceptors (Lipinski definition) is 2. The van der Waals surface area contributed by atoms with Gasteiger partial charge in [-0.05, 0) is 42.8 Å². The Labute approximate surface area is 98.4 Å². The number of aryl methyl sites for hydroxylation is 1. The highest BCUT2D eigenvalue weighted by Crippen LogP contribution is 2.10. The molecule has 0 aliphatic rings. The Hall–Kier alpha value is -2.16. The van der Waals surface area contributed by atoms with Crippen LogP contribution in [0.2, 0.25) is 0 Å². The SMILES string of the molecule is Cc1ccc(C(=O)C=Cc2ccc(F)cc2)o1. The fourth-order valence-corrected chi connectivity index (χ4v) is 1.39. The van der Waals surface area contributed by atoms with Gasteiger partial charge in [0.1, 0.15) is 11.6 Å². The molecule has 2 nitrogen and oxygen atoms in total. The van der Waals surface area contributed by atoms with Gasteiger partial charge in [-0.2, -0.15) is 0 Å². The number of carbonyl (C=O) groups is 1. The molecule has 0 bridgehead atoms. The molecule has 0 atom stereocenters. The molecule has 0 aliphatic heterocycles. The molecule has 1 aromatic heterocycles. The first-order valence-corrected chi connectivity index (χ1v) is 5.19. The van der Waals surface area contributed by atoms with Crippen LogP contribution in [-0.4, -0.2) is 5.78 Å². The van der Waals surface area contributed by atoms with Gasteiger partial charge in [-0.3, -0.25) is 4.79 Å². The lowest BCUT2D eigenvalue weighted by atomic mass is 10.2. The van der Waals surface area contributed by atoms with Crippen LogP contribution in [0.5, 0.6) is 0 Å². The third-order valence-electron chi connectivity index (χ3n) is 2.28. The largest absolute Gasteiger partial charge is 0.458 e. The highest BCUT2D eigenvalue weighted by molar-refractivity contribution is 6.04. The lowest BCUT2D eigenvalue weighted by molar-refractivity contribution is 0.102. The topological polar surface area (TPSA) is 30.2 Å². The molecule has 1 heterocycles. The summed E-state index contributed by atoms with van der Waals surface area (Å²) in [4.78, 5) is 11.6. The highest BCUT2D eigenvalue weighted by atomic mass is 19.1. The average Bonchev–Trinajstić information content (AvgIpc) is 2.75. The average molecular weight is 230 g/mol. The van der Waals surface area contributed by atoms with Crippen LogP contribution >= 0.6 is 0 Å². The Morgan fingerprint density at radius 2 is 1.88 bits per heavy atom. The Morgan fingerprint density at radius 3 is 2.47 bits per heavy atom. The molecule has 0 fully saturated rings. The zero-order valence-electron chi connectivity index (χ0n) is 9.31. The molecule has 0 N–H and O–H groups in total. The monoisotopic (exact) mass is 230 g/mol. The number of halogens is 1. The van der Waals surface area contributed by atoms with Crippen molar-refractivity contribution in [1.82, 2.24) is 0 Å². The summed E-state index contributed by atoms with van der Waals surface area (Å²) in [5.41, 5.74) is 0.767. The Balaban J connectivity index is 2.10. The molecule has 1 aromatic carbocycles. The standard InChI is InChI=1S/C14H11FO2/c1-10-2-9-14(17-10)13(16)8-5-11-3-6-12(15)7-4-11/h2-9H,1H3. The zero-order chi connectivity index (χ0) is 12.3. The molecular weight excluding hydrogens is 219 g/mol. The first-order chi connectivity index (χ1) is 8.15. The second kappa shape index (κ2) is 4.78. The molecule has 0 radical (unpaired) electrons. The second-order valence-corrected chi connectivity index (χ2v) is 3.66. The number of rotatable bonds is 3. The van der Waals surface area contributed by atoms with Crippen LogP contribution in [0.1, 0.15) is 21.9 Å². The fourth-order valence-electron chi connectivity index (χ4n) is 1.39. The van der Waals surface area contributed by atoms with Crippen LogP contribution in [0.3, 0.4) is 0 Å². The second-order valence-electron chi connectivity index (χ2n) is 3.66. The van der Waals surface area contributed by atoms with Gasteiger partial charge in [0.05, 0.1) is 0 Å². The molecule has 3 heteroatoms. The predicted octanol–water partition coefficient (Wildman–Crippen LogP) is 3.62. The van der Waals surface area contributed by atoms with Crippen molar-refractivity contribution in [3.8, 4) is 0 Å². The summed E-state index contributed by atoms with van der Waals surface area (Å²) >= 11 is 0. The third-order valence-corrected chi connectivity index (χ3v) is 2.28. The maximum Gasteiger partial charge on any atom is 0.221 e. The lowest BCUT2D eigenvalue weighted by Gasteiger charge is -1.92. The van der Waals surface area contributed by atoms with E-state index in [1.54, 1.807) is 37.3 Å². The number of furan rings is 1. The van der Waals surface area contributed by atoms with E-state index in [9.17, 15) is 9.18 Å². The molecule has 0 saturated heterocycles. The minimum absolute atomic E-state index is 0.206. The van der Waals surface area contributed by atoms with Gasteiger partial charge >= 0.3 is 0 Å². The molecule has 17 heavy (non-hydrogen) atoms. The van der Waals surface area contributed by atoms with E-state index in [4.69, 9.17) is 4.42 Å². The van der Waals surface area contributed by atoms with Gasteiger partial charge in [0.2, 0.25) is 5.78 Å². The summed E-state index contributed by atoms with van der Waals surface area (Å²) in [6.07, 6.45) is 3.03. The normalized spacial score (nSPS) is 10.9. The van der Waals surface area contributed by atoms with Gasteiger partial charge in [0.15, 0.2) is 5.76 Å². The number of allylic oxidation sites excluding steroid dienone is 1. The zero-order valence-corrected chi connectivity index (χ0v) is 9.31. The molecule has 2 rings (SSSR count). The van der Waals surface area contributed by atoms with E-state index in [1.165, 1.54) is 18.2 Å². The van der Waals surface area contributed by atoms with Crippen LogP contribution in [0.15, 0.2) is 46.9 Å². The molecule has 0 amide bonds. The fraction of sp³-hybridized carbons (Fsp3) is 0.0714. The van der Waals surface area contributed by atoms with Crippen LogP contribution in [0.25, 0.3) is 6.08 Å². The van der Waals surface area contributed by atoms with E-state index in [2.05, 4.69) is 0 Å². The van der Waals surface area contributed by atoms with Gasteiger partial charge in [-0.25, -0.2) is 4.39 Å². The maximum atomic E-state index is 12.6. The van der Waals surface area contributed by atoms with Gasteiger partial charge < -0.3 is 4.42 Å². The molecule has 0 unspecified atom stereocenters. The van der Waals surface area contributed by atoms with E-state index < -0.39 is 0 Å². The van der Waals surface area contributed by atoms with Crippen molar-refractivity contribution < 1.29 is 13.6 Å². The van der Waals surface area contributed by atoms with E-state index in [0.717, 1.165) is 5.56 Å². The quantitative estimate of drug-likeness (QED) is 0.595. The summed E-state index contributed by atoms with van der Waals surface area (Å²) in [5.74, 6) is 0.502. The van der Waals surface area contributed by atoms with Gasteiger partial charge in [-0.1, -0.05) is 18.2 Å². The summed E-state index contributed by atoms with van der Waals surface area (Å²) in [6, 6.07) is 9.27. The Bertz CT molecular complexity index is 550. The van der Waals surface area contributed by atoms with E-state index in [1.807, 2.05) is 0 Å². The summed E-state index contributed by atoms with van der Waals surface area (Å²) in [6.45, 7) is 1.78. The van der Waals surface area contributed by atoms with Crippen LogP contribution in [0, 0.1) is 12.7 Å². The molecule has 0 spiro atoms. The van der Waals surface area contributed by atoms with Crippen LogP contribution in [-0.2, 0) is 0 Å². The third kappa shape index (κ3) is 2.91. The van der Waals surface area contributed by atoms with Crippen molar-refractivity contribution in [2.24, 2.45) is 0 Å². The van der Waals surface area contributed by atoms with Crippen molar-refractivity contribution in [3.05, 3.63) is 65.4 Å². The highest BCUT2D eigenvalue weighted by Gasteiger charge is 2.05. The Kier molecular flexibility index (Phi) is 3.19. The summed E-state index contributed by atoms with van der Waals surface area (Å²) < 4.78 is 17.8. The minimum Gasteiger partial charge on any atom is -0.458 e. The summed E-state index contributed by atoms with van der Waals surface area (Å²) in [7, 11) is 0. The molecule has 2 aromatic rings. The minimum atomic E-state index is -0.296. The molecule has 0 saturated carbocycles. The smallest absolute Gasteiger partial charge is 0.221 e. The van der Waals surface area contributed by atoms with E-state index in [-0.39, 0.29) is 11.6 Å². The van der Waals surface area contributed by atoms with Gasteiger partial charge in [-0.15, -0.1) is 0 Å². The van der Waals surface area contributed by atoms with Gasteiger partial charge in [0.25, 0.3) is 0 Å². The summed E-state index contributed by atoms with van der Waals surface area (Å²) in [5, 5.41) is 0. The molecular formula is C14H11FO2. The van der Waals surface area contributed by atoms with E-state index in [0.29, 0.717) is 11.5 Å². The van der Waals surface area contributed by atoms with Crippen LogP contribution in [0.4, 0.5) is 4.39 Å². The first kappa shape index (κ1) is 11.3.